The van der Waals surface area contributed by atoms with Crippen molar-refractivity contribution < 1.29 is 19.5 Å². The Morgan fingerprint density at radius 3 is 2.76 bits per heavy atom. The van der Waals surface area contributed by atoms with Gasteiger partial charge in [-0.05, 0) is 40.5 Å². The summed E-state index contributed by atoms with van der Waals surface area (Å²) in [5, 5.41) is 10.8. The molecule has 1 aromatic carbocycles. The Morgan fingerprint density at radius 1 is 1.47 bits per heavy atom. The van der Waals surface area contributed by atoms with E-state index in [1.165, 1.54) is 0 Å². The van der Waals surface area contributed by atoms with Gasteiger partial charge >= 0.3 is 12.0 Å². The van der Waals surface area contributed by atoms with Crippen molar-refractivity contribution in [3.05, 3.63) is 28.2 Å². The number of hydrogen-bond donors (Lipinski definition) is 3. The monoisotopic (exact) mass is 302 g/mol. The van der Waals surface area contributed by atoms with E-state index in [4.69, 9.17) is 5.11 Å². The summed E-state index contributed by atoms with van der Waals surface area (Å²) in [7, 11) is 0. The lowest BCUT2D eigenvalue weighted by Crippen LogP contribution is -2.30. The Kier molecular flexibility index (Phi) is 4.92. The average Bonchev–Trinajstić information content (AvgIpc) is 2.21. The van der Waals surface area contributed by atoms with Crippen LogP contribution in [0, 0.1) is 6.92 Å². The number of benzene rings is 1. The topological polar surface area (TPSA) is 87.7 Å². The van der Waals surface area contributed by atoms with Crippen molar-refractivity contribution >= 4 is 33.6 Å². The van der Waals surface area contributed by atoms with Gasteiger partial charge in [0.05, 0.1) is 5.69 Å². The first-order valence-corrected chi connectivity index (χ1v) is 5.45. The molecule has 3 N–H and O–H groups in total. The van der Waals surface area contributed by atoms with Gasteiger partial charge in [0, 0.05) is 4.47 Å². The number of carboxylic acid groups (broad SMARTS) is 1. The van der Waals surface area contributed by atoms with Gasteiger partial charge in [0.1, 0.15) is 0 Å². The first kappa shape index (κ1) is 13.5. The van der Waals surface area contributed by atoms with E-state index >= 15 is 0 Å². The van der Waals surface area contributed by atoms with E-state index in [2.05, 4.69) is 26.1 Å². The van der Waals surface area contributed by atoms with Crippen LogP contribution in [0.5, 0.6) is 0 Å². The number of aliphatic carboxylic acids is 1. The van der Waals surface area contributed by atoms with Gasteiger partial charge in [0.25, 0.3) is 0 Å². The van der Waals surface area contributed by atoms with Crippen molar-refractivity contribution in [1.82, 2.24) is 5.48 Å². The minimum absolute atomic E-state index is 0.562. The maximum Gasteiger partial charge on any atom is 0.343 e. The molecule has 0 heterocycles. The summed E-state index contributed by atoms with van der Waals surface area (Å²) in [6.07, 6.45) is 0. The average molecular weight is 303 g/mol. The number of carboxylic acids is 1. The summed E-state index contributed by atoms with van der Waals surface area (Å²) in [4.78, 5) is 25.8. The first-order valence-electron chi connectivity index (χ1n) is 4.66. The molecule has 0 spiro atoms. The van der Waals surface area contributed by atoms with Gasteiger partial charge < -0.3 is 10.4 Å². The second-order valence-electron chi connectivity index (χ2n) is 3.22. The molecule has 0 aromatic heterocycles. The molecule has 0 aliphatic rings. The molecular weight excluding hydrogens is 292 g/mol. The number of nitrogens with one attached hydrogen (secondary N) is 2. The molecule has 0 saturated heterocycles. The van der Waals surface area contributed by atoms with Crippen LogP contribution in [0.15, 0.2) is 22.7 Å². The zero-order chi connectivity index (χ0) is 12.8. The van der Waals surface area contributed by atoms with E-state index in [1.54, 1.807) is 6.07 Å². The molecule has 2 amide bonds. The summed E-state index contributed by atoms with van der Waals surface area (Å²) in [5.74, 6) is -1.16. The Labute approximate surface area is 106 Å². The molecule has 0 saturated carbocycles. The summed E-state index contributed by atoms with van der Waals surface area (Å²) >= 11 is 3.29. The molecule has 7 heteroatoms. The standard InChI is InChI=1S/C10H11BrN2O4/c1-6-2-3-8(7(11)4-6)12-10(16)13-17-5-9(14)15/h2-4H,5H2,1H3,(H,14,15)(H2,12,13,16). The van der Waals surface area contributed by atoms with Crippen molar-refractivity contribution in [3.63, 3.8) is 0 Å². The highest BCUT2D eigenvalue weighted by Gasteiger charge is 2.06. The Hall–Kier alpha value is -1.60. The fourth-order valence-electron chi connectivity index (χ4n) is 1.03. The van der Waals surface area contributed by atoms with Crippen LogP contribution in [0.25, 0.3) is 0 Å². The van der Waals surface area contributed by atoms with Crippen LogP contribution in [0.1, 0.15) is 5.56 Å². The van der Waals surface area contributed by atoms with Crippen LogP contribution in [-0.2, 0) is 9.63 Å². The number of amides is 2. The molecule has 0 aliphatic carbocycles. The van der Waals surface area contributed by atoms with E-state index in [-0.39, 0.29) is 0 Å². The molecule has 1 rings (SSSR count). The molecule has 0 unspecified atom stereocenters. The normalized spacial score (nSPS) is 9.76. The Bertz CT molecular complexity index is 436. The SMILES string of the molecule is Cc1ccc(NC(=O)NOCC(=O)O)c(Br)c1. The number of carbonyl (C=O) groups is 2. The van der Waals surface area contributed by atoms with Gasteiger partial charge in [-0.3, -0.25) is 4.84 Å². The van der Waals surface area contributed by atoms with Crippen LogP contribution in [0.2, 0.25) is 0 Å². The number of hydrogen-bond acceptors (Lipinski definition) is 3. The van der Waals surface area contributed by atoms with Crippen molar-refractivity contribution in [1.29, 1.82) is 0 Å². The molecule has 0 atom stereocenters. The van der Waals surface area contributed by atoms with Crippen LogP contribution < -0.4 is 10.8 Å². The summed E-state index contributed by atoms with van der Waals surface area (Å²) in [6, 6.07) is 4.75. The van der Waals surface area contributed by atoms with Gasteiger partial charge in [-0.2, -0.15) is 0 Å². The van der Waals surface area contributed by atoms with Crippen molar-refractivity contribution in [3.8, 4) is 0 Å². The highest BCUT2D eigenvalue weighted by Crippen LogP contribution is 2.22. The van der Waals surface area contributed by atoms with Crippen LogP contribution in [0.4, 0.5) is 10.5 Å². The summed E-state index contributed by atoms with van der Waals surface area (Å²) < 4.78 is 0.728. The Balaban J connectivity index is 2.48. The first-order chi connectivity index (χ1) is 7.99. The van der Waals surface area contributed by atoms with E-state index in [0.717, 1.165) is 10.0 Å². The minimum atomic E-state index is -1.16. The second-order valence-corrected chi connectivity index (χ2v) is 4.08. The summed E-state index contributed by atoms with van der Waals surface area (Å²) in [5.41, 5.74) is 3.56. The van der Waals surface area contributed by atoms with E-state index in [1.807, 2.05) is 24.5 Å². The maximum absolute atomic E-state index is 11.3. The van der Waals surface area contributed by atoms with Gasteiger partial charge in [-0.1, -0.05) is 6.07 Å². The molecular formula is C10H11BrN2O4. The molecule has 17 heavy (non-hydrogen) atoms. The zero-order valence-corrected chi connectivity index (χ0v) is 10.6. The number of aryl methyl sites for hydroxylation is 1. The van der Waals surface area contributed by atoms with Gasteiger partial charge in [-0.25, -0.2) is 15.1 Å². The summed E-state index contributed by atoms with van der Waals surface area (Å²) in [6.45, 7) is 1.33. The van der Waals surface area contributed by atoms with Crippen LogP contribution in [0.3, 0.4) is 0 Å². The van der Waals surface area contributed by atoms with Gasteiger partial charge in [0.15, 0.2) is 6.61 Å². The molecule has 0 aliphatic heterocycles. The van der Waals surface area contributed by atoms with Gasteiger partial charge in [-0.15, -0.1) is 0 Å². The van der Waals surface area contributed by atoms with Crippen molar-refractivity contribution in [2.24, 2.45) is 0 Å². The molecule has 6 nitrogen and oxygen atoms in total. The lowest BCUT2D eigenvalue weighted by molar-refractivity contribution is -0.143. The van der Waals surface area contributed by atoms with Gasteiger partial charge in [0.2, 0.25) is 0 Å². The quantitative estimate of drug-likeness (QED) is 0.741. The Morgan fingerprint density at radius 2 is 2.18 bits per heavy atom. The lowest BCUT2D eigenvalue weighted by Gasteiger charge is -2.08. The highest BCUT2D eigenvalue weighted by atomic mass is 79.9. The predicted molar refractivity (Wildman–Crippen MR) is 64.6 cm³/mol. The number of carbonyl (C=O) groups excluding carboxylic acids is 1. The van der Waals surface area contributed by atoms with Crippen LogP contribution in [-0.4, -0.2) is 23.7 Å². The third kappa shape index (κ3) is 4.83. The number of rotatable bonds is 4. The number of urea groups is 1. The lowest BCUT2D eigenvalue weighted by atomic mass is 10.2. The van der Waals surface area contributed by atoms with Crippen molar-refractivity contribution in [2.75, 3.05) is 11.9 Å². The molecule has 0 fully saturated rings. The molecule has 92 valence electrons. The third-order valence-electron chi connectivity index (χ3n) is 1.73. The van der Waals surface area contributed by atoms with E-state index in [9.17, 15) is 9.59 Å². The molecule has 0 bridgehead atoms. The van der Waals surface area contributed by atoms with E-state index < -0.39 is 18.6 Å². The largest absolute Gasteiger partial charge is 0.479 e. The van der Waals surface area contributed by atoms with E-state index in [0.29, 0.717) is 5.69 Å². The number of halogens is 1. The third-order valence-corrected chi connectivity index (χ3v) is 2.39. The number of hydroxylamine groups is 1. The highest BCUT2D eigenvalue weighted by molar-refractivity contribution is 9.10. The smallest absolute Gasteiger partial charge is 0.343 e. The maximum atomic E-state index is 11.3. The minimum Gasteiger partial charge on any atom is -0.479 e. The second kappa shape index (κ2) is 6.21. The fraction of sp³-hybridized carbons (Fsp3) is 0.200. The van der Waals surface area contributed by atoms with Crippen molar-refractivity contribution in [2.45, 2.75) is 6.92 Å². The number of anilines is 1. The van der Waals surface area contributed by atoms with Crippen LogP contribution >= 0.6 is 15.9 Å². The zero-order valence-electron chi connectivity index (χ0n) is 8.99. The fourth-order valence-corrected chi connectivity index (χ4v) is 1.63. The predicted octanol–water partition coefficient (Wildman–Crippen LogP) is 1.90. The molecule has 1 aromatic rings. The molecule has 0 radical (unpaired) electrons.